The van der Waals surface area contributed by atoms with Crippen LogP contribution in [0.4, 0.5) is 5.82 Å². The molecule has 0 atom stereocenters. The number of pyridine rings is 1. The number of carbonyl (C=O) groups is 1. The second-order valence-corrected chi connectivity index (χ2v) is 7.90. The second kappa shape index (κ2) is 8.62. The second-order valence-electron chi connectivity index (χ2n) is 7.90. The molecule has 0 aliphatic carbocycles. The first-order valence-electron chi connectivity index (χ1n) is 10.2. The minimum atomic E-state index is -0.920. The van der Waals surface area contributed by atoms with Gasteiger partial charge in [-0.3, -0.25) is 4.90 Å². The van der Waals surface area contributed by atoms with Gasteiger partial charge in [-0.15, -0.1) is 0 Å². The molecule has 2 heterocycles. The van der Waals surface area contributed by atoms with Crippen molar-refractivity contribution in [3.63, 3.8) is 0 Å². The lowest BCUT2D eigenvalue weighted by atomic mass is 9.96. The van der Waals surface area contributed by atoms with E-state index in [1.54, 1.807) is 12.1 Å². The molecule has 2 N–H and O–H groups in total. The fraction of sp³-hybridized carbons (Fsp3) is 0.333. The number of rotatable bonds is 6. The molecule has 5 nitrogen and oxygen atoms in total. The number of fused-ring (bicyclic) bond motifs is 1. The summed E-state index contributed by atoms with van der Waals surface area (Å²) in [5.74, 6) is 0.296. The van der Waals surface area contributed by atoms with Gasteiger partial charge in [0, 0.05) is 18.5 Å². The maximum absolute atomic E-state index is 11.6. The Hall–Kier alpha value is -2.92. The smallest absolute Gasteiger partial charge is 0.336 e. The SMILES string of the molecule is Cc1ccccc1CN1CCC(CNc2cc(C(=O)O)c3ccccc3n2)CC1. The summed E-state index contributed by atoms with van der Waals surface area (Å²) in [6.45, 7) is 6.19. The summed E-state index contributed by atoms with van der Waals surface area (Å²) >= 11 is 0. The summed E-state index contributed by atoms with van der Waals surface area (Å²) in [5, 5.41) is 13.6. The van der Waals surface area contributed by atoms with Crippen LogP contribution in [0.3, 0.4) is 0 Å². The summed E-state index contributed by atoms with van der Waals surface area (Å²) in [7, 11) is 0. The summed E-state index contributed by atoms with van der Waals surface area (Å²) in [5.41, 5.74) is 3.77. The van der Waals surface area contributed by atoms with E-state index < -0.39 is 5.97 Å². The van der Waals surface area contributed by atoms with Gasteiger partial charge in [0.25, 0.3) is 0 Å². The molecule has 0 radical (unpaired) electrons. The third-order valence-corrected chi connectivity index (χ3v) is 5.88. The van der Waals surface area contributed by atoms with Crippen molar-refractivity contribution >= 4 is 22.7 Å². The Morgan fingerprint density at radius 1 is 1.14 bits per heavy atom. The highest BCUT2D eigenvalue weighted by molar-refractivity contribution is 6.03. The van der Waals surface area contributed by atoms with Crippen LogP contribution in [0.1, 0.15) is 34.3 Å². The van der Waals surface area contributed by atoms with Gasteiger partial charge in [-0.25, -0.2) is 9.78 Å². The zero-order valence-electron chi connectivity index (χ0n) is 16.8. The average Bonchev–Trinajstić information content (AvgIpc) is 2.74. The number of hydrogen-bond acceptors (Lipinski definition) is 4. The van der Waals surface area contributed by atoms with Gasteiger partial charge in [0.1, 0.15) is 5.82 Å². The molecule has 0 bridgehead atoms. The third-order valence-electron chi connectivity index (χ3n) is 5.88. The Morgan fingerprint density at radius 3 is 2.62 bits per heavy atom. The van der Waals surface area contributed by atoms with Gasteiger partial charge in [-0.05, 0) is 62.0 Å². The molecule has 1 aliphatic heterocycles. The number of aromatic nitrogens is 1. The van der Waals surface area contributed by atoms with E-state index >= 15 is 0 Å². The van der Waals surface area contributed by atoms with E-state index in [-0.39, 0.29) is 0 Å². The molecule has 1 saturated heterocycles. The Labute approximate surface area is 171 Å². The molecule has 2 aromatic carbocycles. The van der Waals surface area contributed by atoms with Gasteiger partial charge < -0.3 is 10.4 Å². The summed E-state index contributed by atoms with van der Waals surface area (Å²) in [4.78, 5) is 18.7. The van der Waals surface area contributed by atoms with Gasteiger partial charge >= 0.3 is 5.97 Å². The van der Waals surface area contributed by atoms with Crippen molar-refractivity contribution in [2.45, 2.75) is 26.3 Å². The first-order valence-corrected chi connectivity index (χ1v) is 10.2. The molecule has 5 heteroatoms. The van der Waals surface area contributed by atoms with Crippen molar-refractivity contribution in [1.29, 1.82) is 0 Å². The lowest BCUT2D eigenvalue weighted by molar-refractivity contribution is 0.0699. The summed E-state index contributed by atoms with van der Waals surface area (Å²) in [6.07, 6.45) is 2.27. The molecule has 3 aromatic rings. The number of aromatic carboxylic acids is 1. The van der Waals surface area contributed by atoms with Crippen molar-refractivity contribution < 1.29 is 9.90 Å². The van der Waals surface area contributed by atoms with Crippen molar-refractivity contribution in [2.75, 3.05) is 25.0 Å². The average molecular weight is 389 g/mol. The Morgan fingerprint density at radius 2 is 1.86 bits per heavy atom. The van der Waals surface area contributed by atoms with Gasteiger partial charge in [0.15, 0.2) is 0 Å². The van der Waals surface area contributed by atoms with E-state index in [4.69, 9.17) is 0 Å². The standard InChI is InChI=1S/C24H27N3O2/c1-17-6-2-3-7-19(17)16-27-12-10-18(11-13-27)15-25-23-14-21(24(28)29)20-8-4-5-9-22(20)26-23/h2-9,14,18H,10-13,15-16H2,1H3,(H,25,26)(H,28,29). The van der Waals surface area contributed by atoms with Crippen LogP contribution in [-0.2, 0) is 6.54 Å². The number of benzene rings is 2. The number of likely N-dealkylation sites (tertiary alicyclic amines) is 1. The fourth-order valence-electron chi connectivity index (χ4n) is 4.07. The minimum absolute atomic E-state index is 0.297. The molecule has 150 valence electrons. The highest BCUT2D eigenvalue weighted by Gasteiger charge is 2.20. The normalized spacial score (nSPS) is 15.5. The minimum Gasteiger partial charge on any atom is -0.478 e. The van der Waals surface area contributed by atoms with Crippen LogP contribution in [0, 0.1) is 12.8 Å². The number of aryl methyl sites for hydroxylation is 1. The van der Waals surface area contributed by atoms with Crippen LogP contribution in [0.5, 0.6) is 0 Å². The fourth-order valence-corrected chi connectivity index (χ4v) is 4.07. The van der Waals surface area contributed by atoms with Crippen molar-refractivity contribution in [3.05, 3.63) is 71.3 Å². The van der Waals surface area contributed by atoms with Gasteiger partial charge in [-0.2, -0.15) is 0 Å². The van der Waals surface area contributed by atoms with Gasteiger partial charge in [0.2, 0.25) is 0 Å². The predicted octanol–water partition coefficient (Wildman–Crippen LogP) is 4.57. The highest BCUT2D eigenvalue weighted by atomic mass is 16.4. The number of piperidine rings is 1. The number of anilines is 1. The highest BCUT2D eigenvalue weighted by Crippen LogP contribution is 2.23. The van der Waals surface area contributed by atoms with Crippen molar-refractivity contribution in [1.82, 2.24) is 9.88 Å². The van der Waals surface area contributed by atoms with E-state index in [9.17, 15) is 9.90 Å². The van der Waals surface area contributed by atoms with E-state index in [0.29, 0.717) is 28.2 Å². The van der Waals surface area contributed by atoms with Crippen LogP contribution in [0.2, 0.25) is 0 Å². The molecular formula is C24H27N3O2. The third kappa shape index (κ3) is 4.57. The van der Waals surface area contributed by atoms with E-state index in [1.165, 1.54) is 11.1 Å². The Kier molecular flexibility index (Phi) is 5.76. The molecule has 0 saturated carbocycles. The molecule has 1 aliphatic rings. The zero-order valence-corrected chi connectivity index (χ0v) is 16.8. The maximum atomic E-state index is 11.6. The topological polar surface area (TPSA) is 65.5 Å². The zero-order chi connectivity index (χ0) is 20.2. The van der Waals surface area contributed by atoms with E-state index in [2.05, 4.69) is 46.4 Å². The van der Waals surface area contributed by atoms with E-state index in [1.807, 2.05) is 18.2 Å². The quantitative estimate of drug-likeness (QED) is 0.647. The van der Waals surface area contributed by atoms with Gasteiger partial charge in [-0.1, -0.05) is 42.5 Å². The first-order chi connectivity index (χ1) is 14.1. The monoisotopic (exact) mass is 389 g/mol. The number of para-hydroxylation sites is 1. The van der Waals surface area contributed by atoms with Gasteiger partial charge in [0.05, 0.1) is 11.1 Å². The van der Waals surface area contributed by atoms with Crippen LogP contribution in [0.25, 0.3) is 10.9 Å². The van der Waals surface area contributed by atoms with Crippen LogP contribution in [-0.4, -0.2) is 40.6 Å². The molecular weight excluding hydrogens is 362 g/mol. The number of nitrogens with one attached hydrogen (secondary N) is 1. The number of carboxylic acids is 1. The maximum Gasteiger partial charge on any atom is 0.336 e. The predicted molar refractivity (Wildman–Crippen MR) is 116 cm³/mol. The molecule has 0 spiro atoms. The summed E-state index contributed by atoms with van der Waals surface area (Å²) in [6, 6.07) is 17.6. The van der Waals surface area contributed by atoms with Crippen LogP contribution >= 0.6 is 0 Å². The molecule has 0 amide bonds. The van der Waals surface area contributed by atoms with Crippen LogP contribution in [0.15, 0.2) is 54.6 Å². The number of hydrogen-bond donors (Lipinski definition) is 2. The van der Waals surface area contributed by atoms with E-state index in [0.717, 1.165) is 39.0 Å². The molecule has 4 rings (SSSR count). The van der Waals surface area contributed by atoms with Crippen molar-refractivity contribution in [3.8, 4) is 0 Å². The largest absolute Gasteiger partial charge is 0.478 e. The Balaban J connectivity index is 1.35. The molecule has 29 heavy (non-hydrogen) atoms. The molecule has 1 fully saturated rings. The molecule has 1 aromatic heterocycles. The summed E-state index contributed by atoms with van der Waals surface area (Å²) < 4.78 is 0. The lowest BCUT2D eigenvalue weighted by Gasteiger charge is -2.32. The van der Waals surface area contributed by atoms with Crippen LogP contribution < -0.4 is 5.32 Å². The number of carboxylic acid groups (broad SMARTS) is 1. The molecule has 0 unspecified atom stereocenters. The Bertz CT molecular complexity index is 1010. The van der Waals surface area contributed by atoms with Crippen molar-refractivity contribution in [2.24, 2.45) is 5.92 Å². The first kappa shape index (κ1) is 19.4. The lowest BCUT2D eigenvalue weighted by Crippen LogP contribution is -2.35. The number of nitrogens with zero attached hydrogens (tertiary/aromatic N) is 2.